The Hall–Kier alpha value is -2.08. The third-order valence-corrected chi connectivity index (χ3v) is 4.59. The van der Waals surface area contributed by atoms with Crippen LogP contribution < -0.4 is 5.73 Å². The van der Waals surface area contributed by atoms with Gasteiger partial charge in [0, 0.05) is 35.7 Å². The third kappa shape index (κ3) is 4.72. The molecule has 0 amide bonds. The zero-order chi connectivity index (χ0) is 18.7. The van der Waals surface area contributed by atoms with E-state index in [1.807, 2.05) is 26.1 Å². The van der Waals surface area contributed by atoms with Gasteiger partial charge in [0.05, 0.1) is 25.7 Å². The highest BCUT2D eigenvalue weighted by Crippen LogP contribution is 2.37. The van der Waals surface area contributed by atoms with Crippen LogP contribution in [-0.2, 0) is 6.18 Å². The number of rotatable bonds is 3. The first-order valence-corrected chi connectivity index (χ1v) is 8.25. The van der Waals surface area contributed by atoms with E-state index < -0.39 is 11.7 Å². The Morgan fingerprint density at radius 2 is 1.96 bits per heavy atom. The van der Waals surface area contributed by atoms with Crippen LogP contribution in [0.3, 0.4) is 0 Å². The number of likely N-dealkylation sites (N-methyl/N-ethyl adjacent to an activating group) is 1. The summed E-state index contributed by atoms with van der Waals surface area (Å²) >= 11 is 0. The number of quaternary nitrogens is 1. The van der Waals surface area contributed by atoms with Crippen LogP contribution in [0, 0.1) is 0 Å². The number of nitrogens with zero attached hydrogens (tertiary/aromatic N) is 2. The van der Waals surface area contributed by atoms with E-state index in [1.54, 1.807) is 18.3 Å². The standard InChI is InChI=1S/C19H25F3N3/c1-14-13-24-10-4-11-25(3,12-9-15(2)23)18(14)16-5-7-17(8-6-16)19(20,21)22/h5-10,13,18H,4,11-12,23H2,1-3H3/q+1/b14-13+,15-9+,24-10?. The maximum absolute atomic E-state index is 12.9. The minimum absolute atomic E-state index is 0.0738. The maximum Gasteiger partial charge on any atom is 0.416 e. The zero-order valence-corrected chi connectivity index (χ0v) is 14.8. The van der Waals surface area contributed by atoms with Crippen molar-refractivity contribution in [2.75, 3.05) is 20.1 Å². The van der Waals surface area contributed by atoms with E-state index in [-0.39, 0.29) is 6.04 Å². The van der Waals surface area contributed by atoms with E-state index in [2.05, 4.69) is 12.0 Å². The molecule has 0 bridgehead atoms. The predicted octanol–water partition coefficient (Wildman–Crippen LogP) is 4.43. The van der Waals surface area contributed by atoms with Crippen molar-refractivity contribution in [1.82, 2.24) is 0 Å². The van der Waals surface area contributed by atoms with Crippen LogP contribution >= 0.6 is 0 Å². The van der Waals surface area contributed by atoms with Gasteiger partial charge in [0.15, 0.2) is 0 Å². The van der Waals surface area contributed by atoms with Gasteiger partial charge in [0.2, 0.25) is 0 Å². The fourth-order valence-electron chi connectivity index (χ4n) is 3.32. The molecular weight excluding hydrogens is 327 g/mol. The van der Waals surface area contributed by atoms with E-state index in [0.29, 0.717) is 11.0 Å². The lowest BCUT2D eigenvalue weighted by molar-refractivity contribution is -0.928. The molecule has 1 heterocycles. The van der Waals surface area contributed by atoms with Crippen molar-refractivity contribution < 1.29 is 17.7 Å². The van der Waals surface area contributed by atoms with Crippen LogP contribution in [0.5, 0.6) is 0 Å². The highest BCUT2D eigenvalue weighted by Gasteiger charge is 2.36. The smallest absolute Gasteiger partial charge is 0.402 e. The van der Waals surface area contributed by atoms with Crippen LogP contribution in [0.4, 0.5) is 13.2 Å². The largest absolute Gasteiger partial charge is 0.416 e. The predicted molar refractivity (Wildman–Crippen MR) is 94.9 cm³/mol. The quantitative estimate of drug-likeness (QED) is 0.803. The summed E-state index contributed by atoms with van der Waals surface area (Å²) in [6.45, 7) is 5.34. The summed E-state index contributed by atoms with van der Waals surface area (Å²) in [6, 6.07) is 5.38. The number of allylic oxidation sites excluding steroid dienone is 1. The van der Waals surface area contributed by atoms with Crippen molar-refractivity contribution in [3.05, 3.63) is 58.9 Å². The second-order valence-corrected chi connectivity index (χ2v) is 6.85. The first kappa shape index (κ1) is 19.2. The number of nitrogens with two attached hydrogens (primary N) is 1. The molecule has 0 saturated carbocycles. The monoisotopic (exact) mass is 352 g/mol. The van der Waals surface area contributed by atoms with Crippen LogP contribution in [0.1, 0.15) is 37.4 Å². The highest BCUT2D eigenvalue weighted by atomic mass is 19.4. The zero-order valence-electron chi connectivity index (χ0n) is 14.8. The number of benzene rings is 1. The fourth-order valence-corrected chi connectivity index (χ4v) is 3.32. The number of hydrogen-bond acceptors (Lipinski definition) is 2. The molecule has 0 radical (unpaired) electrons. The second-order valence-electron chi connectivity index (χ2n) is 6.85. The molecule has 2 N–H and O–H groups in total. The molecule has 0 aliphatic carbocycles. The molecular formula is C19H25F3N3+. The molecule has 1 aromatic rings. The van der Waals surface area contributed by atoms with Gasteiger partial charge in [-0.25, -0.2) is 0 Å². The summed E-state index contributed by atoms with van der Waals surface area (Å²) in [4.78, 5) is 4.29. The summed E-state index contributed by atoms with van der Waals surface area (Å²) in [7, 11) is 2.11. The first-order valence-electron chi connectivity index (χ1n) is 8.25. The van der Waals surface area contributed by atoms with Gasteiger partial charge in [-0.05, 0) is 32.1 Å². The number of hydrogen-bond donors (Lipinski definition) is 1. The van der Waals surface area contributed by atoms with E-state index in [9.17, 15) is 13.2 Å². The lowest BCUT2D eigenvalue weighted by atomic mass is 9.94. The lowest BCUT2D eigenvalue weighted by Crippen LogP contribution is -2.49. The van der Waals surface area contributed by atoms with Crippen LogP contribution in [-0.4, -0.2) is 30.8 Å². The average molecular weight is 352 g/mol. The van der Waals surface area contributed by atoms with Gasteiger partial charge in [-0.2, -0.15) is 13.2 Å². The van der Waals surface area contributed by atoms with Crippen molar-refractivity contribution >= 4 is 6.21 Å². The molecule has 0 fully saturated rings. The number of alkyl halides is 3. The molecule has 1 aromatic carbocycles. The van der Waals surface area contributed by atoms with Gasteiger partial charge in [-0.3, -0.25) is 4.99 Å². The molecule has 0 spiro atoms. The molecule has 0 aromatic heterocycles. The van der Waals surface area contributed by atoms with Crippen molar-refractivity contribution in [3.8, 4) is 0 Å². The minimum atomic E-state index is -4.33. The van der Waals surface area contributed by atoms with Crippen molar-refractivity contribution in [1.29, 1.82) is 0 Å². The molecule has 25 heavy (non-hydrogen) atoms. The number of halogens is 3. The third-order valence-electron chi connectivity index (χ3n) is 4.59. The Labute approximate surface area is 146 Å². The van der Waals surface area contributed by atoms with Crippen LogP contribution in [0.2, 0.25) is 0 Å². The Kier molecular flexibility index (Phi) is 5.72. The van der Waals surface area contributed by atoms with E-state index in [0.717, 1.165) is 41.9 Å². The van der Waals surface area contributed by atoms with E-state index >= 15 is 0 Å². The van der Waals surface area contributed by atoms with Gasteiger partial charge in [0.25, 0.3) is 0 Å². The van der Waals surface area contributed by atoms with Gasteiger partial charge < -0.3 is 10.2 Å². The maximum atomic E-state index is 12.9. The van der Waals surface area contributed by atoms with E-state index in [4.69, 9.17) is 5.73 Å². The van der Waals surface area contributed by atoms with Crippen LogP contribution in [0.15, 0.2) is 52.8 Å². The Morgan fingerprint density at radius 1 is 1.32 bits per heavy atom. The molecule has 6 heteroatoms. The topological polar surface area (TPSA) is 38.4 Å². The minimum Gasteiger partial charge on any atom is -0.402 e. The SMILES string of the molecule is C/C(N)=C\C[N+]1(C)CCC=N/C=C(\C)C1c1ccc(C(F)(F)F)cc1. The van der Waals surface area contributed by atoms with Crippen molar-refractivity contribution in [3.63, 3.8) is 0 Å². The molecule has 1 aliphatic heterocycles. The Morgan fingerprint density at radius 3 is 2.52 bits per heavy atom. The molecule has 3 nitrogen and oxygen atoms in total. The first-order chi connectivity index (χ1) is 11.6. The van der Waals surface area contributed by atoms with Gasteiger partial charge in [0.1, 0.15) is 6.04 Å². The molecule has 1 aliphatic rings. The summed E-state index contributed by atoms with van der Waals surface area (Å²) in [5.41, 5.74) is 7.78. The Bertz CT molecular complexity index is 683. The molecule has 136 valence electrons. The summed E-state index contributed by atoms with van der Waals surface area (Å²) < 4.78 is 39.2. The lowest BCUT2D eigenvalue weighted by Gasteiger charge is -2.42. The fraction of sp³-hybridized carbons (Fsp3) is 0.421. The molecule has 2 unspecified atom stereocenters. The van der Waals surface area contributed by atoms with Crippen molar-refractivity contribution in [2.24, 2.45) is 10.7 Å². The van der Waals surface area contributed by atoms with E-state index in [1.165, 1.54) is 0 Å². The van der Waals surface area contributed by atoms with Crippen LogP contribution in [0.25, 0.3) is 0 Å². The second kappa shape index (κ2) is 7.44. The highest BCUT2D eigenvalue weighted by molar-refractivity contribution is 5.58. The summed E-state index contributed by atoms with van der Waals surface area (Å²) in [5, 5.41) is 0. The van der Waals surface area contributed by atoms with Gasteiger partial charge in [-0.15, -0.1) is 0 Å². The average Bonchev–Trinajstić information content (AvgIpc) is 2.51. The number of aliphatic imine (C=N–C) groups is 1. The van der Waals surface area contributed by atoms with Crippen molar-refractivity contribution in [2.45, 2.75) is 32.5 Å². The summed E-state index contributed by atoms with van der Waals surface area (Å²) in [6.07, 6.45) is 2.13. The Balaban J connectivity index is 2.47. The molecule has 2 rings (SSSR count). The summed E-state index contributed by atoms with van der Waals surface area (Å²) in [5.74, 6) is 0. The normalized spacial score (nSPS) is 27.4. The molecule has 2 atom stereocenters. The van der Waals surface area contributed by atoms with Gasteiger partial charge in [-0.1, -0.05) is 12.1 Å². The molecule has 0 saturated heterocycles. The van der Waals surface area contributed by atoms with Gasteiger partial charge >= 0.3 is 6.18 Å².